The van der Waals surface area contributed by atoms with Crippen LogP contribution in [0.25, 0.3) is 21.7 Å². The molecule has 0 saturated carbocycles. The number of anilines is 1. The molecule has 0 aliphatic rings. The summed E-state index contributed by atoms with van der Waals surface area (Å²) in [5, 5.41) is 5.91. The molecule has 2 aromatic heterocycles. The highest BCUT2D eigenvalue weighted by Crippen LogP contribution is 2.40. The average molecular weight is 309 g/mol. The van der Waals surface area contributed by atoms with Crippen LogP contribution < -0.4 is 5.73 Å². The number of hydrogen-bond acceptors (Lipinski definition) is 3. The van der Waals surface area contributed by atoms with Crippen LogP contribution in [0.1, 0.15) is 0 Å². The smallest absolute Gasteiger partial charge is 0.138 e. The van der Waals surface area contributed by atoms with E-state index in [1.165, 1.54) is 16.0 Å². The third kappa shape index (κ3) is 2.19. The maximum atomic E-state index is 14.0. The molecule has 3 aromatic rings. The van der Waals surface area contributed by atoms with E-state index >= 15 is 0 Å². The second-order valence-electron chi connectivity index (χ2n) is 4.45. The molecule has 2 heterocycles. The fourth-order valence-corrected chi connectivity index (χ4v) is 2.92. The van der Waals surface area contributed by atoms with Crippen molar-refractivity contribution in [3.8, 4) is 21.7 Å². The predicted octanol–water partition coefficient (Wildman–Crippen LogP) is 3.82. The van der Waals surface area contributed by atoms with Crippen LogP contribution in [-0.2, 0) is 7.05 Å². The summed E-state index contributed by atoms with van der Waals surface area (Å²) in [7, 11) is 1.58. The zero-order chi connectivity index (χ0) is 15.1. The fourth-order valence-electron chi connectivity index (χ4n) is 2.14. The molecule has 1 aromatic carbocycles. The van der Waals surface area contributed by atoms with Crippen LogP contribution in [0.15, 0.2) is 29.6 Å². The van der Waals surface area contributed by atoms with Gasteiger partial charge in [-0.05, 0) is 11.4 Å². The molecular formula is C14H10F3N3S. The molecule has 0 unspecified atom stereocenters. The predicted molar refractivity (Wildman–Crippen MR) is 76.2 cm³/mol. The van der Waals surface area contributed by atoms with Crippen molar-refractivity contribution >= 4 is 17.2 Å². The first kappa shape index (κ1) is 13.7. The summed E-state index contributed by atoms with van der Waals surface area (Å²) in [4.78, 5) is 0.735. The molecule has 3 nitrogen and oxygen atoms in total. The van der Waals surface area contributed by atoms with Crippen molar-refractivity contribution in [2.24, 2.45) is 7.05 Å². The van der Waals surface area contributed by atoms with Crippen molar-refractivity contribution in [2.45, 2.75) is 0 Å². The summed E-state index contributed by atoms with van der Waals surface area (Å²) in [6.07, 6.45) is 0. The van der Waals surface area contributed by atoms with E-state index in [0.717, 1.165) is 4.88 Å². The molecule has 108 valence electrons. The number of benzene rings is 1. The van der Waals surface area contributed by atoms with Gasteiger partial charge < -0.3 is 5.73 Å². The van der Waals surface area contributed by atoms with Gasteiger partial charge in [-0.15, -0.1) is 11.3 Å². The Balaban J connectivity index is 2.32. The summed E-state index contributed by atoms with van der Waals surface area (Å²) in [6, 6.07) is 4.83. The number of nitrogens with two attached hydrogens (primary N) is 1. The van der Waals surface area contributed by atoms with E-state index in [1.807, 2.05) is 5.38 Å². The molecule has 7 heteroatoms. The van der Waals surface area contributed by atoms with E-state index in [4.69, 9.17) is 5.73 Å². The van der Waals surface area contributed by atoms with E-state index in [9.17, 15) is 13.2 Å². The second-order valence-corrected chi connectivity index (χ2v) is 5.40. The first-order chi connectivity index (χ1) is 9.99. The van der Waals surface area contributed by atoms with Crippen molar-refractivity contribution < 1.29 is 13.2 Å². The Morgan fingerprint density at radius 2 is 1.81 bits per heavy atom. The van der Waals surface area contributed by atoms with Crippen LogP contribution in [0.2, 0.25) is 0 Å². The van der Waals surface area contributed by atoms with Crippen molar-refractivity contribution in [3.63, 3.8) is 0 Å². The number of rotatable bonds is 2. The molecule has 2 N–H and O–H groups in total. The summed E-state index contributed by atoms with van der Waals surface area (Å²) in [5.41, 5.74) is 6.07. The lowest BCUT2D eigenvalue weighted by molar-refractivity contribution is 0.547. The van der Waals surface area contributed by atoms with E-state index in [2.05, 4.69) is 5.10 Å². The van der Waals surface area contributed by atoms with Gasteiger partial charge in [-0.2, -0.15) is 5.10 Å². The summed E-state index contributed by atoms with van der Waals surface area (Å²) in [6.45, 7) is 0. The number of halogens is 3. The van der Waals surface area contributed by atoms with Crippen molar-refractivity contribution in [1.29, 1.82) is 0 Å². The fraction of sp³-hybridized carbons (Fsp3) is 0.0714. The van der Waals surface area contributed by atoms with E-state index in [1.54, 1.807) is 19.2 Å². The Labute approximate surface area is 122 Å². The standard InChI is InChI=1S/C14H10F3N3S/c1-20-14(18)12(10-3-2-4-21-10)13(19-20)11-8(16)5-7(15)6-9(11)17/h2-6H,18H2,1H3. The number of nitrogen functional groups attached to an aromatic ring is 1. The van der Waals surface area contributed by atoms with Crippen LogP contribution in [0.4, 0.5) is 19.0 Å². The number of thiophene rings is 1. The first-order valence-electron chi connectivity index (χ1n) is 6.00. The SMILES string of the molecule is Cn1nc(-c2c(F)cc(F)cc2F)c(-c2cccs2)c1N. The van der Waals surface area contributed by atoms with E-state index in [-0.39, 0.29) is 17.1 Å². The maximum Gasteiger partial charge on any atom is 0.138 e. The lowest BCUT2D eigenvalue weighted by atomic mass is 10.0. The molecule has 0 radical (unpaired) electrons. The minimum absolute atomic E-state index is 0.0625. The van der Waals surface area contributed by atoms with Gasteiger partial charge in [0.2, 0.25) is 0 Å². The van der Waals surface area contributed by atoms with Gasteiger partial charge in [-0.3, -0.25) is 4.68 Å². The van der Waals surface area contributed by atoms with E-state index < -0.39 is 17.5 Å². The normalized spacial score (nSPS) is 11.0. The topological polar surface area (TPSA) is 43.8 Å². The Hall–Kier alpha value is -2.28. The molecule has 21 heavy (non-hydrogen) atoms. The largest absolute Gasteiger partial charge is 0.383 e. The Morgan fingerprint density at radius 3 is 2.38 bits per heavy atom. The molecule has 0 aliphatic heterocycles. The molecule has 0 amide bonds. The number of aromatic nitrogens is 2. The third-order valence-electron chi connectivity index (χ3n) is 3.10. The van der Waals surface area contributed by atoms with E-state index in [0.29, 0.717) is 17.7 Å². The summed E-state index contributed by atoms with van der Waals surface area (Å²) < 4.78 is 42.4. The van der Waals surface area contributed by atoms with Gasteiger partial charge in [0, 0.05) is 24.1 Å². The van der Waals surface area contributed by atoms with Gasteiger partial charge in [0.25, 0.3) is 0 Å². The third-order valence-corrected chi connectivity index (χ3v) is 3.99. The molecule has 3 rings (SSSR count). The average Bonchev–Trinajstić information content (AvgIpc) is 2.98. The second kappa shape index (κ2) is 4.92. The molecule has 0 saturated heterocycles. The Bertz CT molecular complexity index is 786. The number of aryl methyl sites for hydroxylation is 1. The van der Waals surface area contributed by atoms with Crippen LogP contribution in [0.3, 0.4) is 0 Å². The van der Waals surface area contributed by atoms with Gasteiger partial charge in [-0.1, -0.05) is 6.07 Å². The lowest BCUT2D eigenvalue weighted by Crippen LogP contribution is -1.97. The zero-order valence-electron chi connectivity index (χ0n) is 10.9. The maximum absolute atomic E-state index is 14.0. The Morgan fingerprint density at radius 1 is 1.14 bits per heavy atom. The molecule has 0 spiro atoms. The van der Waals surface area contributed by atoms with Gasteiger partial charge in [0.15, 0.2) is 0 Å². The quantitative estimate of drug-likeness (QED) is 0.782. The van der Waals surface area contributed by atoms with Gasteiger partial charge >= 0.3 is 0 Å². The van der Waals surface area contributed by atoms with Crippen LogP contribution >= 0.6 is 11.3 Å². The molecule has 0 atom stereocenters. The van der Waals surface area contributed by atoms with Gasteiger partial charge in [-0.25, -0.2) is 13.2 Å². The van der Waals surface area contributed by atoms with Crippen molar-refractivity contribution in [1.82, 2.24) is 9.78 Å². The highest BCUT2D eigenvalue weighted by Gasteiger charge is 2.24. The number of nitrogens with zero attached hydrogens (tertiary/aromatic N) is 2. The minimum atomic E-state index is -1.01. The molecule has 0 aliphatic carbocycles. The molecular weight excluding hydrogens is 299 g/mol. The van der Waals surface area contributed by atoms with Gasteiger partial charge in [0.1, 0.15) is 29.0 Å². The highest BCUT2D eigenvalue weighted by atomic mass is 32.1. The van der Waals surface area contributed by atoms with Crippen molar-refractivity contribution in [2.75, 3.05) is 5.73 Å². The summed E-state index contributed by atoms with van der Waals surface area (Å²) >= 11 is 1.37. The van der Waals surface area contributed by atoms with Crippen LogP contribution in [0, 0.1) is 17.5 Å². The lowest BCUT2D eigenvalue weighted by Gasteiger charge is -2.05. The van der Waals surface area contributed by atoms with Crippen molar-refractivity contribution in [3.05, 3.63) is 47.1 Å². The monoisotopic (exact) mass is 309 g/mol. The Kier molecular flexibility index (Phi) is 3.21. The highest BCUT2D eigenvalue weighted by molar-refractivity contribution is 7.13. The molecule has 0 fully saturated rings. The zero-order valence-corrected chi connectivity index (χ0v) is 11.7. The van der Waals surface area contributed by atoms with Gasteiger partial charge in [0.05, 0.1) is 11.1 Å². The molecule has 0 bridgehead atoms. The van der Waals surface area contributed by atoms with Crippen LogP contribution in [0.5, 0.6) is 0 Å². The summed E-state index contributed by atoms with van der Waals surface area (Å²) in [5.74, 6) is -2.71. The number of hydrogen-bond donors (Lipinski definition) is 1. The first-order valence-corrected chi connectivity index (χ1v) is 6.88. The van der Waals surface area contributed by atoms with Crippen LogP contribution in [-0.4, -0.2) is 9.78 Å². The minimum Gasteiger partial charge on any atom is -0.383 e.